The van der Waals surface area contributed by atoms with Crippen molar-refractivity contribution < 1.29 is 5.21 Å². The molecule has 4 heteroatoms. The van der Waals surface area contributed by atoms with E-state index in [1.807, 2.05) is 36.0 Å². The molecule has 0 aliphatic heterocycles. The molecule has 0 spiro atoms. The highest BCUT2D eigenvalue weighted by Gasteiger charge is 2.10. The lowest BCUT2D eigenvalue weighted by Crippen LogP contribution is -2.12. The zero-order chi connectivity index (χ0) is 12.2. The van der Waals surface area contributed by atoms with Gasteiger partial charge in [-0.05, 0) is 5.56 Å². The van der Waals surface area contributed by atoms with Crippen molar-refractivity contribution >= 4 is 17.6 Å². The van der Waals surface area contributed by atoms with Crippen LogP contribution in [-0.2, 0) is 5.75 Å². The Morgan fingerprint density at radius 1 is 1.31 bits per heavy atom. The Kier molecular flexibility index (Phi) is 4.24. The third-order valence-electron chi connectivity index (χ3n) is 2.03. The molecule has 1 aromatic carbocycles. The molecule has 1 aromatic rings. The van der Waals surface area contributed by atoms with Crippen molar-refractivity contribution in [3.8, 4) is 0 Å². The number of rotatable bonds is 3. The Balaban J connectivity index is 2.65. The van der Waals surface area contributed by atoms with Crippen molar-refractivity contribution in [2.24, 2.45) is 10.9 Å². The zero-order valence-electron chi connectivity index (χ0n) is 9.90. The van der Waals surface area contributed by atoms with Gasteiger partial charge in [0, 0.05) is 16.1 Å². The normalized spacial score (nSPS) is 12.8. The summed E-state index contributed by atoms with van der Waals surface area (Å²) in [6.45, 7) is 6.59. The van der Waals surface area contributed by atoms with Gasteiger partial charge in [0.25, 0.3) is 0 Å². The van der Waals surface area contributed by atoms with Gasteiger partial charge < -0.3 is 10.9 Å². The van der Waals surface area contributed by atoms with E-state index < -0.39 is 0 Å². The molecule has 0 radical (unpaired) electrons. The van der Waals surface area contributed by atoms with Crippen LogP contribution in [0.15, 0.2) is 29.4 Å². The van der Waals surface area contributed by atoms with Crippen LogP contribution in [0.3, 0.4) is 0 Å². The average molecular weight is 238 g/mol. The highest BCUT2D eigenvalue weighted by molar-refractivity contribution is 7.99. The Labute approximate surface area is 101 Å². The number of nitrogens with two attached hydrogens (primary N) is 1. The van der Waals surface area contributed by atoms with Crippen LogP contribution in [0.25, 0.3) is 0 Å². The molecule has 16 heavy (non-hydrogen) atoms. The monoisotopic (exact) mass is 238 g/mol. The number of oxime groups is 1. The largest absolute Gasteiger partial charge is 0.409 e. The van der Waals surface area contributed by atoms with Gasteiger partial charge in [-0.15, -0.1) is 0 Å². The fourth-order valence-electron chi connectivity index (χ4n) is 1.13. The summed E-state index contributed by atoms with van der Waals surface area (Å²) in [6.07, 6.45) is 0. The summed E-state index contributed by atoms with van der Waals surface area (Å²) >= 11 is 1.90. The highest BCUT2D eigenvalue weighted by atomic mass is 32.2. The first kappa shape index (κ1) is 12.9. The van der Waals surface area contributed by atoms with E-state index in [9.17, 15) is 0 Å². The number of hydrogen-bond donors (Lipinski definition) is 2. The maximum absolute atomic E-state index is 8.53. The molecule has 0 aliphatic rings. The smallest absolute Gasteiger partial charge is 0.170 e. The third-order valence-corrected chi connectivity index (χ3v) is 3.37. The maximum Gasteiger partial charge on any atom is 0.170 e. The summed E-state index contributed by atoms with van der Waals surface area (Å²) in [5.74, 6) is 1.12. The second-order valence-electron chi connectivity index (χ2n) is 4.58. The van der Waals surface area contributed by atoms with Crippen LogP contribution in [0.4, 0.5) is 0 Å². The summed E-state index contributed by atoms with van der Waals surface area (Å²) in [5, 5.41) is 11.5. The Morgan fingerprint density at radius 2 is 1.88 bits per heavy atom. The van der Waals surface area contributed by atoms with Gasteiger partial charge in [-0.1, -0.05) is 50.2 Å². The predicted octanol–water partition coefficient (Wildman–Crippen LogP) is 2.81. The molecule has 88 valence electrons. The average Bonchev–Trinajstić information content (AvgIpc) is 2.25. The van der Waals surface area contributed by atoms with Gasteiger partial charge in [0.05, 0.1) is 0 Å². The first-order valence-corrected chi connectivity index (χ1v) is 6.12. The molecular weight excluding hydrogens is 220 g/mol. The quantitative estimate of drug-likeness (QED) is 0.368. The number of hydrogen-bond acceptors (Lipinski definition) is 3. The molecule has 0 unspecified atom stereocenters. The van der Waals surface area contributed by atoms with Crippen LogP contribution < -0.4 is 5.73 Å². The van der Waals surface area contributed by atoms with E-state index in [-0.39, 0.29) is 10.6 Å². The van der Waals surface area contributed by atoms with E-state index in [1.54, 1.807) is 0 Å². The highest BCUT2D eigenvalue weighted by Crippen LogP contribution is 2.27. The summed E-state index contributed by atoms with van der Waals surface area (Å²) in [4.78, 5) is 0. The molecule has 0 aliphatic carbocycles. The fourth-order valence-corrected chi connectivity index (χ4v) is 1.92. The van der Waals surface area contributed by atoms with Crippen LogP contribution in [0.2, 0.25) is 0 Å². The minimum atomic E-state index is 0.148. The van der Waals surface area contributed by atoms with Gasteiger partial charge in [-0.25, -0.2) is 0 Å². The molecule has 0 aromatic heterocycles. The summed E-state index contributed by atoms with van der Waals surface area (Å²) in [5.41, 5.74) is 7.47. The topological polar surface area (TPSA) is 58.6 Å². The molecule has 0 bridgehead atoms. The van der Waals surface area contributed by atoms with Gasteiger partial charge in [0.15, 0.2) is 5.84 Å². The van der Waals surface area contributed by atoms with Crippen molar-refractivity contribution in [1.82, 2.24) is 0 Å². The first-order valence-electron chi connectivity index (χ1n) is 5.13. The number of nitrogens with zero attached hydrogens (tertiary/aromatic N) is 1. The maximum atomic E-state index is 8.53. The molecule has 0 saturated carbocycles. The molecule has 0 saturated heterocycles. The van der Waals surface area contributed by atoms with Gasteiger partial charge in [0.2, 0.25) is 0 Å². The van der Waals surface area contributed by atoms with Crippen LogP contribution in [0.1, 0.15) is 31.9 Å². The predicted molar refractivity (Wildman–Crippen MR) is 70.0 cm³/mol. The Morgan fingerprint density at radius 3 is 2.31 bits per heavy atom. The summed E-state index contributed by atoms with van der Waals surface area (Å²) in [7, 11) is 0. The van der Waals surface area contributed by atoms with Crippen LogP contribution in [-0.4, -0.2) is 15.8 Å². The van der Waals surface area contributed by atoms with Crippen LogP contribution in [0, 0.1) is 0 Å². The Hall–Kier alpha value is -1.16. The lowest BCUT2D eigenvalue weighted by atomic mass is 10.1. The fraction of sp³-hybridized carbons (Fsp3) is 0.417. The van der Waals surface area contributed by atoms with E-state index in [0.717, 1.165) is 11.3 Å². The Bertz CT molecular complexity index is 366. The van der Waals surface area contributed by atoms with E-state index in [0.29, 0.717) is 0 Å². The third kappa shape index (κ3) is 4.14. The number of benzene rings is 1. The molecule has 0 atom stereocenters. The lowest BCUT2D eigenvalue weighted by Gasteiger charge is -2.17. The number of thioether (sulfide) groups is 1. The zero-order valence-corrected chi connectivity index (χ0v) is 10.7. The van der Waals surface area contributed by atoms with Gasteiger partial charge in [-0.3, -0.25) is 0 Å². The van der Waals surface area contributed by atoms with E-state index in [4.69, 9.17) is 10.9 Å². The first-order chi connectivity index (χ1) is 7.42. The minimum Gasteiger partial charge on any atom is -0.409 e. The van der Waals surface area contributed by atoms with E-state index in [1.165, 1.54) is 5.56 Å². The minimum absolute atomic E-state index is 0.148. The van der Waals surface area contributed by atoms with Crippen molar-refractivity contribution in [3.63, 3.8) is 0 Å². The van der Waals surface area contributed by atoms with Gasteiger partial charge in [0.1, 0.15) is 0 Å². The second kappa shape index (κ2) is 5.25. The second-order valence-corrected chi connectivity index (χ2v) is 6.39. The van der Waals surface area contributed by atoms with Gasteiger partial charge in [-0.2, -0.15) is 11.8 Å². The van der Waals surface area contributed by atoms with E-state index in [2.05, 4.69) is 25.9 Å². The SMILES string of the molecule is CC(C)(C)SCc1ccc(/C(N)=N/O)cc1. The van der Waals surface area contributed by atoms with Crippen molar-refractivity contribution in [2.45, 2.75) is 31.3 Å². The molecule has 0 amide bonds. The molecule has 3 N–H and O–H groups in total. The lowest BCUT2D eigenvalue weighted by molar-refractivity contribution is 0.318. The van der Waals surface area contributed by atoms with Crippen molar-refractivity contribution in [3.05, 3.63) is 35.4 Å². The van der Waals surface area contributed by atoms with Gasteiger partial charge >= 0.3 is 0 Å². The molecular formula is C12H18N2OS. The van der Waals surface area contributed by atoms with Crippen LogP contribution >= 0.6 is 11.8 Å². The number of amidine groups is 1. The molecule has 0 heterocycles. The van der Waals surface area contributed by atoms with Crippen molar-refractivity contribution in [2.75, 3.05) is 0 Å². The van der Waals surface area contributed by atoms with Crippen molar-refractivity contribution in [1.29, 1.82) is 0 Å². The van der Waals surface area contributed by atoms with Crippen LogP contribution in [0.5, 0.6) is 0 Å². The summed E-state index contributed by atoms with van der Waals surface area (Å²) < 4.78 is 0.268. The standard InChI is InChI=1S/C12H18N2OS/c1-12(2,3)16-8-9-4-6-10(7-5-9)11(13)14-15/h4-7,15H,8H2,1-3H3,(H2,13,14). The molecule has 3 nitrogen and oxygen atoms in total. The molecule has 1 rings (SSSR count). The summed E-state index contributed by atoms with van der Waals surface area (Å²) in [6, 6.07) is 7.75. The molecule has 0 fully saturated rings. The van der Waals surface area contributed by atoms with E-state index >= 15 is 0 Å².